The third-order valence-electron chi connectivity index (χ3n) is 3.98. The van der Waals surface area contributed by atoms with Gasteiger partial charge in [0.25, 0.3) is 0 Å². The average Bonchev–Trinajstić information content (AvgIpc) is 2.13. The highest BCUT2D eigenvalue weighted by atomic mass is 16.5. The fourth-order valence-electron chi connectivity index (χ4n) is 2.10. The number of nitrogens with two attached hydrogens (primary N) is 1. The third-order valence-corrected chi connectivity index (χ3v) is 3.98. The molecular weight excluding hydrogens is 186 g/mol. The Bertz CT molecular complexity index is 209. The molecule has 2 heteroatoms. The van der Waals surface area contributed by atoms with Gasteiger partial charge in [0.2, 0.25) is 0 Å². The zero-order chi connectivity index (χ0) is 11.7. The van der Waals surface area contributed by atoms with E-state index in [2.05, 4.69) is 34.6 Å². The van der Waals surface area contributed by atoms with Crippen LogP contribution >= 0.6 is 0 Å². The Hall–Kier alpha value is -0.0800. The molecule has 0 heterocycles. The van der Waals surface area contributed by atoms with Crippen LogP contribution in [-0.4, -0.2) is 18.8 Å². The molecule has 0 aromatic carbocycles. The minimum absolute atomic E-state index is 0.220. The first-order valence-electron chi connectivity index (χ1n) is 6.17. The van der Waals surface area contributed by atoms with E-state index in [-0.39, 0.29) is 5.41 Å². The van der Waals surface area contributed by atoms with Crippen LogP contribution in [0.4, 0.5) is 0 Å². The lowest BCUT2D eigenvalue weighted by atomic mass is 9.62. The van der Waals surface area contributed by atoms with Crippen LogP contribution in [0.5, 0.6) is 0 Å². The predicted molar refractivity (Wildman–Crippen MR) is 64.8 cm³/mol. The summed E-state index contributed by atoms with van der Waals surface area (Å²) >= 11 is 0. The van der Waals surface area contributed by atoms with Gasteiger partial charge in [0.1, 0.15) is 0 Å². The van der Waals surface area contributed by atoms with Gasteiger partial charge in [-0.05, 0) is 24.7 Å². The fraction of sp³-hybridized carbons (Fsp3) is 1.00. The largest absolute Gasteiger partial charge is 0.378 e. The Kier molecular flexibility index (Phi) is 3.83. The van der Waals surface area contributed by atoms with Crippen LogP contribution in [-0.2, 0) is 4.74 Å². The summed E-state index contributed by atoms with van der Waals surface area (Å²) in [5.41, 5.74) is 6.63. The van der Waals surface area contributed by atoms with Crippen LogP contribution in [0.15, 0.2) is 0 Å². The molecule has 1 rings (SSSR count). The Morgan fingerprint density at radius 2 is 2.00 bits per heavy atom. The van der Waals surface area contributed by atoms with Crippen molar-refractivity contribution in [1.29, 1.82) is 0 Å². The smallest absolute Gasteiger partial charge is 0.0658 e. The van der Waals surface area contributed by atoms with Crippen LogP contribution in [0.2, 0.25) is 0 Å². The lowest BCUT2D eigenvalue weighted by Crippen LogP contribution is -2.60. The van der Waals surface area contributed by atoms with Crippen molar-refractivity contribution in [3.8, 4) is 0 Å². The van der Waals surface area contributed by atoms with E-state index < -0.39 is 0 Å². The molecule has 0 aromatic rings. The monoisotopic (exact) mass is 213 g/mol. The molecule has 15 heavy (non-hydrogen) atoms. The van der Waals surface area contributed by atoms with Crippen LogP contribution < -0.4 is 5.73 Å². The number of ether oxygens (including phenoxy) is 1. The van der Waals surface area contributed by atoms with Crippen molar-refractivity contribution >= 4 is 0 Å². The maximum atomic E-state index is 6.04. The molecule has 1 aliphatic rings. The first-order valence-corrected chi connectivity index (χ1v) is 6.17. The van der Waals surface area contributed by atoms with E-state index in [0.29, 0.717) is 17.6 Å². The maximum absolute atomic E-state index is 6.04. The average molecular weight is 213 g/mol. The van der Waals surface area contributed by atoms with E-state index in [0.717, 1.165) is 25.9 Å². The summed E-state index contributed by atoms with van der Waals surface area (Å²) in [7, 11) is 0. The Labute approximate surface area is 94.6 Å². The van der Waals surface area contributed by atoms with E-state index >= 15 is 0 Å². The van der Waals surface area contributed by atoms with E-state index in [9.17, 15) is 0 Å². The molecule has 0 aromatic heterocycles. The number of rotatable bonds is 4. The molecule has 3 unspecified atom stereocenters. The highest BCUT2D eigenvalue weighted by Gasteiger charge is 2.49. The van der Waals surface area contributed by atoms with Gasteiger partial charge in [0.05, 0.1) is 6.10 Å². The molecule has 2 nitrogen and oxygen atoms in total. The summed E-state index contributed by atoms with van der Waals surface area (Å²) in [6.07, 6.45) is 3.67. The quantitative estimate of drug-likeness (QED) is 0.779. The van der Waals surface area contributed by atoms with Gasteiger partial charge < -0.3 is 10.5 Å². The predicted octanol–water partition coefficient (Wildman–Crippen LogP) is 2.96. The van der Waals surface area contributed by atoms with Gasteiger partial charge in [-0.2, -0.15) is 0 Å². The van der Waals surface area contributed by atoms with Crippen molar-refractivity contribution in [2.45, 2.75) is 66.0 Å². The zero-order valence-corrected chi connectivity index (χ0v) is 11.0. The molecule has 0 bridgehead atoms. The van der Waals surface area contributed by atoms with Crippen LogP contribution in [0, 0.1) is 10.8 Å². The summed E-state index contributed by atoms with van der Waals surface area (Å²) in [6, 6.07) is 0.335. The molecule has 2 N–H and O–H groups in total. The topological polar surface area (TPSA) is 35.2 Å². The first kappa shape index (κ1) is 13.0. The molecule has 90 valence electrons. The van der Waals surface area contributed by atoms with Gasteiger partial charge in [-0.1, -0.05) is 34.6 Å². The highest BCUT2D eigenvalue weighted by Crippen LogP contribution is 2.44. The van der Waals surface area contributed by atoms with Gasteiger partial charge >= 0.3 is 0 Å². The summed E-state index contributed by atoms with van der Waals surface area (Å²) in [5.74, 6) is 0. The van der Waals surface area contributed by atoms with Crippen molar-refractivity contribution in [1.82, 2.24) is 0 Å². The first-order chi connectivity index (χ1) is 6.79. The second-order valence-corrected chi connectivity index (χ2v) is 6.37. The molecule has 1 fully saturated rings. The van der Waals surface area contributed by atoms with Crippen molar-refractivity contribution in [2.24, 2.45) is 16.6 Å². The van der Waals surface area contributed by atoms with Gasteiger partial charge in [-0.3, -0.25) is 0 Å². The number of hydrogen-bond donors (Lipinski definition) is 1. The van der Waals surface area contributed by atoms with Crippen LogP contribution in [0.25, 0.3) is 0 Å². The standard InChI is InChI=1S/C13H27NO/c1-6-13(5)10(14)9-11(13)15-8-7-12(2,3)4/h10-11H,6-9,14H2,1-5H3. The van der Waals surface area contributed by atoms with Crippen LogP contribution in [0.1, 0.15) is 53.9 Å². The van der Waals surface area contributed by atoms with Crippen molar-refractivity contribution in [3.05, 3.63) is 0 Å². The second-order valence-electron chi connectivity index (χ2n) is 6.37. The van der Waals surface area contributed by atoms with Gasteiger partial charge in [-0.25, -0.2) is 0 Å². The minimum atomic E-state index is 0.220. The molecule has 1 aliphatic carbocycles. The normalized spacial score (nSPS) is 36.4. The van der Waals surface area contributed by atoms with E-state index in [1.165, 1.54) is 0 Å². The van der Waals surface area contributed by atoms with E-state index in [4.69, 9.17) is 10.5 Å². The lowest BCUT2D eigenvalue weighted by molar-refractivity contribution is -0.123. The Morgan fingerprint density at radius 1 is 1.40 bits per heavy atom. The van der Waals surface area contributed by atoms with Crippen molar-refractivity contribution < 1.29 is 4.74 Å². The minimum Gasteiger partial charge on any atom is -0.378 e. The SMILES string of the molecule is CCC1(C)C(N)CC1OCCC(C)(C)C. The Morgan fingerprint density at radius 3 is 2.40 bits per heavy atom. The molecular formula is C13H27NO. The molecule has 0 spiro atoms. The molecule has 0 amide bonds. The van der Waals surface area contributed by atoms with Crippen molar-refractivity contribution in [3.63, 3.8) is 0 Å². The van der Waals surface area contributed by atoms with Crippen LogP contribution in [0.3, 0.4) is 0 Å². The van der Waals surface area contributed by atoms with E-state index in [1.54, 1.807) is 0 Å². The van der Waals surface area contributed by atoms with Gasteiger partial charge in [0, 0.05) is 18.1 Å². The maximum Gasteiger partial charge on any atom is 0.0658 e. The third kappa shape index (κ3) is 2.94. The lowest BCUT2D eigenvalue weighted by Gasteiger charge is -2.52. The number of hydrogen-bond acceptors (Lipinski definition) is 2. The molecule has 0 aliphatic heterocycles. The highest BCUT2D eigenvalue weighted by molar-refractivity contribution is 5.03. The molecule has 1 saturated carbocycles. The molecule has 0 saturated heterocycles. The molecule has 3 atom stereocenters. The van der Waals surface area contributed by atoms with E-state index in [1.807, 2.05) is 0 Å². The second kappa shape index (κ2) is 4.42. The van der Waals surface area contributed by atoms with Gasteiger partial charge in [0.15, 0.2) is 0 Å². The summed E-state index contributed by atoms with van der Waals surface area (Å²) in [6.45, 7) is 12.1. The summed E-state index contributed by atoms with van der Waals surface area (Å²) in [4.78, 5) is 0. The zero-order valence-electron chi connectivity index (χ0n) is 11.0. The Balaban J connectivity index is 2.30. The molecule has 0 radical (unpaired) electrons. The summed E-state index contributed by atoms with van der Waals surface area (Å²) < 4.78 is 5.95. The van der Waals surface area contributed by atoms with Gasteiger partial charge in [-0.15, -0.1) is 0 Å². The summed E-state index contributed by atoms with van der Waals surface area (Å²) in [5, 5.41) is 0. The fourth-order valence-corrected chi connectivity index (χ4v) is 2.10. The van der Waals surface area contributed by atoms with Crippen molar-refractivity contribution in [2.75, 3.05) is 6.61 Å².